The quantitative estimate of drug-likeness (QED) is 0.175. The van der Waals surface area contributed by atoms with Crippen LogP contribution >= 0.6 is 0 Å². The summed E-state index contributed by atoms with van der Waals surface area (Å²) in [5.74, 6) is -1.57. The average molecular weight is 675 g/mol. The van der Waals surface area contributed by atoms with Gasteiger partial charge in [-0.1, -0.05) is 50.6 Å². The molecular formula is C29H21F3IrN4-2. The first-order chi connectivity index (χ1) is 17.2. The SMILES string of the molecule is CC(C)(C)c1nccc2nc3c4[c-]cc(F)cc4ccn3c12.Fc1c[c-]c(-c2ccccn2)c(F)c1.[Ir]. The van der Waals surface area contributed by atoms with E-state index in [4.69, 9.17) is 4.98 Å². The number of halogens is 3. The van der Waals surface area contributed by atoms with Crippen molar-refractivity contribution in [3.05, 3.63) is 108 Å². The van der Waals surface area contributed by atoms with Gasteiger partial charge < -0.3 is 9.38 Å². The summed E-state index contributed by atoms with van der Waals surface area (Å²) in [6.45, 7) is 6.41. The zero-order chi connectivity index (χ0) is 25.4. The number of fused-ring (bicyclic) bond motifs is 5. The van der Waals surface area contributed by atoms with Crippen LogP contribution in [0, 0.1) is 29.6 Å². The summed E-state index contributed by atoms with van der Waals surface area (Å²) < 4.78 is 41.2. The van der Waals surface area contributed by atoms with Gasteiger partial charge in [0.25, 0.3) is 0 Å². The first-order valence-electron chi connectivity index (χ1n) is 11.3. The van der Waals surface area contributed by atoms with Crippen LogP contribution in [-0.2, 0) is 25.5 Å². The summed E-state index contributed by atoms with van der Waals surface area (Å²) in [5.41, 5.74) is 4.23. The van der Waals surface area contributed by atoms with Crippen molar-refractivity contribution in [3.8, 4) is 11.3 Å². The molecule has 0 aliphatic heterocycles. The Labute approximate surface area is 225 Å². The molecule has 4 heterocycles. The third-order valence-electron chi connectivity index (χ3n) is 5.65. The van der Waals surface area contributed by atoms with Crippen LogP contribution in [0.3, 0.4) is 0 Å². The Morgan fingerprint density at radius 3 is 2.32 bits per heavy atom. The first-order valence-corrected chi connectivity index (χ1v) is 11.3. The van der Waals surface area contributed by atoms with E-state index >= 15 is 0 Å². The Morgan fingerprint density at radius 1 is 0.865 bits per heavy atom. The molecule has 8 heteroatoms. The molecule has 0 bridgehead atoms. The van der Waals surface area contributed by atoms with Crippen LogP contribution in [0.2, 0.25) is 0 Å². The molecular weight excluding hydrogens is 654 g/mol. The van der Waals surface area contributed by atoms with Crippen molar-refractivity contribution in [2.75, 3.05) is 0 Å². The molecule has 0 saturated heterocycles. The van der Waals surface area contributed by atoms with Gasteiger partial charge in [0.05, 0.1) is 22.4 Å². The van der Waals surface area contributed by atoms with Crippen molar-refractivity contribution in [2.45, 2.75) is 26.2 Å². The zero-order valence-corrected chi connectivity index (χ0v) is 22.6. The molecule has 0 aliphatic carbocycles. The summed E-state index contributed by atoms with van der Waals surface area (Å²) in [6, 6.07) is 19.2. The number of benzene rings is 2. The van der Waals surface area contributed by atoms with Gasteiger partial charge in [-0.2, -0.15) is 0 Å². The Balaban J connectivity index is 0.000000186. The molecule has 0 aliphatic rings. The number of hydrogen-bond donors (Lipinski definition) is 0. The number of rotatable bonds is 1. The van der Waals surface area contributed by atoms with E-state index in [-0.39, 0.29) is 36.9 Å². The maximum Gasteiger partial charge on any atom is 0.0855 e. The van der Waals surface area contributed by atoms with E-state index in [1.165, 1.54) is 12.1 Å². The van der Waals surface area contributed by atoms with Crippen LogP contribution in [0.15, 0.2) is 73.2 Å². The fraction of sp³-hybridized carbons (Fsp3) is 0.138. The number of nitrogens with zero attached hydrogens (tertiary/aromatic N) is 4. The van der Waals surface area contributed by atoms with Gasteiger partial charge in [-0.05, 0) is 24.0 Å². The largest absolute Gasteiger partial charge is 0.339 e. The predicted molar refractivity (Wildman–Crippen MR) is 134 cm³/mol. The third kappa shape index (κ3) is 5.26. The Morgan fingerprint density at radius 2 is 1.62 bits per heavy atom. The van der Waals surface area contributed by atoms with E-state index < -0.39 is 11.6 Å². The van der Waals surface area contributed by atoms with Crippen molar-refractivity contribution >= 4 is 27.5 Å². The third-order valence-corrected chi connectivity index (χ3v) is 5.65. The van der Waals surface area contributed by atoms with Crippen LogP contribution < -0.4 is 0 Å². The van der Waals surface area contributed by atoms with Gasteiger partial charge in [0.2, 0.25) is 0 Å². The topological polar surface area (TPSA) is 43.1 Å². The maximum absolute atomic E-state index is 13.4. The zero-order valence-electron chi connectivity index (χ0n) is 20.2. The minimum Gasteiger partial charge on any atom is -0.339 e. The summed E-state index contributed by atoms with van der Waals surface area (Å²) in [4.78, 5) is 13.2. The molecule has 1 radical (unpaired) electrons. The summed E-state index contributed by atoms with van der Waals surface area (Å²) in [5, 5.41) is 1.62. The molecule has 0 spiro atoms. The van der Waals surface area contributed by atoms with Crippen LogP contribution in [0.1, 0.15) is 26.5 Å². The van der Waals surface area contributed by atoms with E-state index in [1.54, 1.807) is 30.6 Å². The molecule has 4 nitrogen and oxygen atoms in total. The Bertz CT molecular complexity index is 1710. The number of aromatic nitrogens is 4. The minimum atomic E-state index is -0.649. The second-order valence-electron chi connectivity index (χ2n) is 9.30. The monoisotopic (exact) mass is 675 g/mol. The van der Waals surface area contributed by atoms with E-state index in [9.17, 15) is 13.2 Å². The number of imidazole rings is 1. The molecule has 4 aromatic heterocycles. The van der Waals surface area contributed by atoms with Gasteiger partial charge >= 0.3 is 0 Å². The van der Waals surface area contributed by atoms with Gasteiger partial charge in [0, 0.05) is 55.4 Å². The Hall–Kier alpha value is -3.61. The van der Waals surface area contributed by atoms with Crippen molar-refractivity contribution < 1.29 is 33.3 Å². The molecule has 6 aromatic rings. The molecule has 189 valence electrons. The molecule has 6 rings (SSSR count). The van der Waals surface area contributed by atoms with Crippen LogP contribution in [-0.4, -0.2) is 19.4 Å². The van der Waals surface area contributed by atoms with Crippen molar-refractivity contribution in [2.24, 2.45) is 0 Å². The van der Waals surface area contributed by atoms with E-state index in [0.717, 1.165) is 45.3 Å². The predicted octanol–water partition coefficient (Wildman–Crippen LogP) is 7.10. The molecule has 2 aromatic carbocycles. The van der Waals surface area contributed by atoms with Gasteiger partial charge in [0.15, 0.2) is 0 Å². The van der Waals surface area contributed by atoms with Crippen molar-refractivity contribution in [1.82, 2.24) is 19.4 Å². The summed E-state index contributed by atoms with van der Waals surface area (Å²) in [7, 11) is 0. The minimum absolute atomic E-state index is 0. The molecule has 0 atom stereocenters. The first kappa shape index (κ1) is 26.5. The summed E-state index contributed by atoms with van der Waals surface area (Å²) in [6.07, 6.45) is 5.27. The summed E-state index contributed by atoms with van der Waals surface area (Å²) >= 11 is 0. The maximum atomic E-state index is 13.4. The molecule has 0 amide bonds. The molecule has 0 saturated carbocycles. The molecule has 37 heavy (non-hydrogen) atoms. The van der Waals surface area contributed by atoms with Crippen LogP contribution in [0.4, 0.5) is 13.2 Å². The number of pyridine rings is 3. The fourth-order valence-corrected chi connectivity index (χ4v) is 4.03. The fourth-order valence-electron chi connectivity index (χ4n) is 4.03. The molecule has 0 N–H and O–H groups in total. The second-order valence-corrected chi connectivity index (χ2v) is 9.30. The normalized spacial score (nSPS) is 11.3. The van der Waals surface area contributed by atoms with E-state index in [1.807, 2.05) is 22.7 Å². The van der Waals surface area contributed by atoms with Gasteiger partial charge in [-0.3, -0.25) is 23.1 Å². The van der Waals surface area contributed by atoms with Crippen molar-refractivity contribution in [1.29, 1.82) is 0 Å². The van der Waals surface area contributed by atoms with Crippen LogP contribution in [0.5, 0.6) is 0 Å². The number of hydrogen-bond acceptors (Lipinski definition) is 3. The Kier molecular flexibility index (Phi) is 7.44. The van der Waals surface area contributed by atoms with Gasteiger partial charge in [0.1, 0.15) is 0 Å². The van der Waals surface area contributed by atoms with Crippen molar-refractivity contribution in [3.63, 3.8) is 0 Å². The smallest absolute Gasteiger partial charge is 0.0855 e. The van der Waals surface area contributed by atoms with Gasteiger partial charge in [-0.15, -0.1) is 41.1 Å². The average Bonchev–Trinajstić information content (AvgIpc) is 3.23. The van der Waals surface area contributed by atoms with E-state index in [2.05, 4.69) is 42.9 Å². The second kappa shape index (κ2) is 10.4. The van der Waals surface area contributed by atoms with Crippen LogP contribution in [0.25, 0.3) is 38.7 Å². The standard InChI is InChI=1S/C18H15FN3.C11H6F2N.Ir/c1-18(2,3)16-15-14(6-8-20-16)21-17-13-5-4-12(19)10-11(13)7-9-22(15)17;12-8-4-5-9(10(13)7-8)11-3-1-2-6-14-11;/h4,6-10H,1-3H3;1-4,6-7H;/q2*-1;. The molecule has 0 unspecified atom stereocenters. The van der Waals surface area contributed by atoms with E-state index in [0.29, 0.717) is 5.69 Å². The molecule has 0 fully saturated rings. The van der Waals surface area contributed by atoms with Gasteiger partial charge in [-0.25, -0.2) is 0 Å².